The number of carbonyl (C=O) groups is 1. The van der Waals surface area contributed by atoms with Crippen LogP contribution in [0.1, 0.15) is 78.7 Å². The number of hydrogen-bond acceptors (Lipinski definition) is 2. The van der Waals surface area contributed by atoms with Gasteiger partial charge < -0.3 is 10.4 Å². The SMILES string of the molecule is C=C(c1cc2c(cc1C)C(C)(C)CCC2(C)C)c1ccccc1C(=O)Nc1ccc(O)cc1. The number of aromatic hydroxyl groups is 1. The molecule has 1 amide bonds. The summed E-state index contributed by atoms with van der Waals surface area (Å²) in [6, 6.07) is 18.7. The van der Waals surface area contributed by atoms with Gasteiger partial charge >= 0.3 is 0 Å². The lowest BCUT2D eigenvalue weighted by Crippen LogP contribution is -2.34. The predicted octanol–water partition coefficient (Wildman–Crippen LogP) is 7.36. The van der Waals surface area contributed by atoms with Crippen LogP contribution in [0.2, 0.25) is 0 Å². The van der Waals surface area contributed by atoms with Gasteiger partial charge in [0, 0.05) is 11.3 Å². The first kappa shape index (κ1) is 22.8. The van der Waals surface area contributed by atoms with Crippen molar-refractivity contribution in [2.75, 3.05) is 5.32 Å². The maximum atomic E-state index is 13.1. The Bertz CT molecular complexity index is 1230. The van der Waals surface area contributed by atoms with Crippen LogP contribution in [0.3, 0.4) is 0 Å². The molecule has 4 rings (SSSR count). The highest BCUT2D eigenvalue weighted by atomic mass is 16.3. The van der Waals surface area contributed by atoms with Gasteiger partial charge in [-0.3, -0.25) is 4.79 Å². The van der Waals surface area contributed by atoms with E-state index in [-0.39, 0.29) is 22.5 Å². The zero-order valence-electron chi connectivity index (χ0n) is 20.3. The lowest BCUT2D eigenvalue weighted by molar-refractivity contribution is 0.102. The number of hydrogen-bond donors (Lipinski definition) is 2. The van der Waals surface area contributed by atoms with Crippen molar-refractivity contribution in [3.63, 3.8) is 0 Å². The molecule has 0 unspecified atom stereocenters. The van der Waals surface area contributed by atoms with Crippen LogP contribution in [0.5, 0.6) is 5.75 Å². The van der Waals surface area contributed by atoms with Gasteiger partial charge in [-0.25, -0.2) is 0 Å². The molecule has 0 aliphatic heterocycles. The van der Waals surface area contributed by atoms with E-state index < -0.39 is 0 Å². The van der Waals surface area contributed by atoms with Crippen LogP contribution in [-0.2, 0) is 10.8 Å². The van der Waals surface area contributed by atoms with Crippen LogP contribution in [0.25, 0.3) is 5.57 Å². The molecule has 3 nitrogen and oxygen atoms in total. The van der Waals surface area contributed by atoms with E-state index in [2.05, 4.69) is 58.6 Å². The third-order valence-corrected chi connectivity index (χ3v) is 7.14. The van der Waals surface area contributed by atoms with Crippen LogP contribution < -0.4 is 5.32 Å². The molecule has 0 atom stereocenters. The Morgan fingerprint density at radius 3 is 2.00 bits per heavy atom. The summed E-state index contributed by atoms with van der Waals surface area (Å²) in [6.45, 7) is 15.9. The molecule has 33 heavy (non-hydrogen) atoms. The van der Waals surface area contributed by atoms with Crippen molar-refractivity contribution in [3.8, 4) is 5.75 Å². The molecule has 0 bridgehead atoms. The number of anilines is 1. The molecule has 3 heteroatoms. The molecule has 1 aliphatic rings. The Balaban J connectivity index is 1.74. The number of aryl methyl sites for hydroxylation is 1. The van der Waals surface area contributed by atoms with Crippen LogP contribution in [-0.4, -0.2) is 11.0 Å². The second-order valence-electron chi connectivity index (χ2n) is 10.5. The number of benzene rings is 3. The quantitative estimate of drug-likeness (QED) is 0.417. The smallest absolute Gasteiger partial charge is 0.256 e. The van der Waals surface area contributed by atoms with E-state index in [4.69, 9.17) is 0 Å². The number of nitrogens with one attached hydrogen (secondary N) is 1. The van der Waals surface area contributed by atoms with Gasteiger partial charge in [-0.1, -0.05) is 64.6 Å². The number of phenolic OH excluding ortho intramolecular Hbond substituents is 1. The van der Waals surface area contributed by atoms with Crippen LogP contribution in [0, 0.1) is 6.92 Å². The third-order valence-electron chi connectivity index (χ3n) is 7.14. The molecule has 0 aromatic heterocycles. The average Bonchev–Trinajstić information content (AvgIpc) is 2.78. The average molecular weight is 440 g/mol. The summed E-state index contributed by atoms with van der Waals surface area (Å²) in [5.41, 5.74) is 8.20. The Morgan fingerprint density at radius 2 is 1.39 bits per heavy atom. The van der Waals surface area contributed by atoms with Crippen molar-refractivity contribution < 1.29 is 9.90 Å². The van der Waals surface area contributed by atoms with Gasteiger partial charge in [-0.2, -0.15) is 0 Å². The van der Waals surface area contributed by atoms with Crippen molar-refractivity contribution in [2.45, 2.75) is 58.3 Å². The van der Waals surface area contributed by atoms with Crippen LogP contribution in [0.15, 0.2) is 67.2 Å². The first-order chi connectivity index (χ1) is 15.5. The zero-order chi connectivity index (χ0) is 24.0. The van der Waals surface area contributed by atoms with E-state index in [0.717, 1.165) is 23.1 Å². The fourth-order valence-corrected chi connectivity index (χ4v) is 4.88. The van der Waals surface area contributed by atoms with E-state index in [9.17, 15) is 9.90 Å². The van der Waals surface area contributed by atoms with Crippen molar-refractivity contribution in [2.24, 2.45) is 0 Å². The Labute approximate surface area is 197 Å². The summed E-state index contributed by atoms with van der Waals surface area (Å²) >= 11 is 0. The van der Waals surface area contributed by atoms with Gasteiger partial charge in [0.25, 0.3) is 5.91 Å². The molecule has 0 spiro atoms. The molecule has 3 aromatic carbocycles. The van der Waals surface area contributed by atoms with Gasteiger partial charge in [0.05, 0.1) is 0 Å². The minimum Gasteiger partial charge on any atom is -0.508 e. The van der Waals surface area contributed by atoms with Gasteiger partial charge in [-0.05, 0) is 94.3 Å². The van der Waals surface area contributed by atoms with Crippen molar-refractivity contribution in [3.05, 3.63) is 101 Å². The molecule has 170 valence electrons. The van der Waals surface area contributed by atoms with Crippen LogP contribution in [0.4, 0.5) is 5.69 Å². The summed E-state index contributed by atoms with van der Waals surface area (Å²) in [7, 11) is 0. The zero-order valence-corrected chi connectivity index (χ0v) is 20.3. The molecule has 2 N–H and O–H groups in total. The highest BCUT2D eigenvalue weighted by Gasteiger charge is 2.37. The highest BCUT2D eigenvalue weighted by Crippen LogP contribution is 2.47. The second-order valence-corrected chi connectivity index (χ2v) is 10.5. The van der Waals surface area contributed by atoms with Gasteiger partial charge in [0.2, 0.25) is 0 Å². The van der Waals surface area contributed by atoms with Gasteiger partial charge in [0.1, 0.15) is 5.75 Å². The number of phenols is 1. The monoisotopic (exact) mass is 439 g/mol. The topological polar surface area (TPSA) is 49.3 Å². The summed E-state index contributed by atoms with van der Waals surface area (Å²) in [6.07, 6.45) is 2.32. The number of carbonyl (C=O) groups excluding carboxylic acids is 1. The van der Waals surface area contributed by atoms with Gasteiger partial charge in [-0.15, -0.1) is 0 Å². The largest absolute Gasteiger partial charge is 0.508 e. The summed E-state index contributed by atoms with van der Waals surface area (Å²) in [5.74, 6) is -0.0368. The van der Waals surface area contributed by atoms with E-state index in [1.165, 1.54) is 23.1 Å². The minimum absolute atomic E-state index is 0.101. The van der Waals surface area contributed by atoms with Crippen LogP contribution >= 0.6 is 0 Å². The van der Waals surface area contributed by atoms with Crippen molar-refractivity contribution in [1.29, 1.82) is 0 Å². The van der Waals surface area contributed by atoms with E-state index in [1.807, 2.05) is 24.3 Å². The normalized spacial score (nSPS) is 16.0. The molecule has 0 radical (unpaired) electrons. The maximum Gasteiger partial charge on any atom is 0.256 e. The minimum atomic E-state index is -0.200. The molecule has 3 aromatic rings. The summed E-state index contributed by atoms with van der Waals surface area (Å²) in [4.78, 5) is 13.1. The molecular weight excluding hydrogens is 406 g/mol. The highest BCUT2D eigenvalue weighted by molar-refractivity contribution is 6.08. The van der Waals surface area contributed by atoms with Crippen molar-refractivity contribution in [1.82, 2.24) is 0 Å². The van der Waals surface area contributed by atoms with Gasteiger partial charge in [0.15, 0.2) is 0 Å². The summed E-state index contributed by atoms with van der Waals surface area (Å²) < 4.78 is 0. The molecule has 0 saturated heterocycles. The van der Waals surface area contributed by atoms with E-state index in [1.54, 1.807) is 24.3 Å². The van der Waals surface area contributed by atoms with E-state index in [0.29, 0.717) is 11.3 Å². The predicted molar refractivity (Wildman–Crippen MR) is 137 cm³/mol. The lowest BCUT2D eigenvalue weighted by Gasteiger charge is -2.42. The lowest BCUT2D eigenvalue weighted by atomic mass is 9.62. The molecule has 1 aliphatic carbocycles. The second kappa shape index (κ2) is 8.22. The Morgan fingerprint density at radius 1 is 0.848 bits per heavy atom. The van der Waals surface area contributed by atoms with E-state index >= 15 is 0 Å². The molecular formula is C30H33NO2. The maximum absolute atomic E-state index is 13.1. The van der Waals surface area contributed by atoms with Crippen molar-refractivity contribution >= 4 is 17.2 Å². The molecule has 0 saturated carbocycles. The summed E-state index contributed by atoms with van der Waals surface area (Å²) in [5, 5.41) is 12.4. The first-order valence-corrected chi connectivity index (χ1v) is 11.5. The Hall–Kier alpha value is -3.33. The number of rotatable bonds is 4. The fourth-order valence-electron chi connectivity index (χ4n) is 4.88. The molecule has 0 fully saturated rings. The first-order valence-electron chi connectivity index (χ1n) is 11.5. The Kier molecular flexibility index (Phi) is 5.69. The third kappa shape index (κ3) is 4.32. The molecule has 0 heterocycles. The fraction of sp³-hybridized carbons (Fsp3) is 0.300. The number of amides is 1. The number of fused-ring (bicyclic) bond motifs is 1. The standard InChI is InChI=1S/C30H33NO2/c1-19-17-26-27(30(5,6)16-15-29(26,3)4)18-25(19)20(2)23-9-7-8-10-24(23)28(33)31-21-11-13-22(32)14-12-21/h7-14,17-18,32H,2,15-16H2,1,3-6H3,(H,31,33).